The summed E-state index contributed by atoms with van der Waals surface area (Å²) in [4.78, 5) is 27.8. The van der Waals surface area contributed by atoms with Gasteiger partial charge < -0.3 is 20.9 Å². The molecule has 3 aromatic heterocycles. The molecule has 2 atom stereocenters. The fourth-order valence-electron chi connectivity index (χ4n) is 3.88. The second-order valence-corrected chi connectivity index (χ2v) is 8.18. The van der Waals surface area contributed by atoms with E-state index in [1.165, 1.54) is 0 Å². The van der Waals surface area contributed by atoms with Crippen LogP contribution in [0.1, 0.15) is 39.0 Å². The van der Waals surface area contributed by atoms with Crippen molar-refractivity contribution >= 4 is 34.5 Å². The first-order valence-electron chi connectivity index (χ1n) is 10.5. The van der Waals surface area contributed by atoms with Crippen LogP contribution >= 0.6 is 11.6 Å². The SMILES string of the molecule is CCCNC(=O)NC1CCCC(Nc2nc(-c3c[nH]c4ncc(Cl)cc34)ncc2F)C1. The molecule has 1 saturated carbocycles. The highest BCUT2D eigenvalue weighted by Crippen LogP contribution is 2.29. The fourth-order valence-corrected chi connectivity index (χ4v) is 4.04. The average molecular weight is 446 g/mol. The standard InChI is InChI=1S/C21H25ClFN7O/c1-2-6-24-21(31)29-14-5-3-4-13(8-14)28-20-17(23)11-27-19(30-20)16-10-26-18-15(16)7-12(22)9-25-18/h7,9-11,13-14H,2-6,8H2,1H3,(H,25,26)(H2,24,29,31)(H,27,28,30). The smallest absolute Gasteiger partial charge is 0.315 e. The van der Waals surface area contributed by atoms with E-state index < -0.39 is 5.82 Å². The van der Waals surface area contributed by atoms with Gasteiger partial charge >= 0.3 is 6.03 Å². The van der Waals surface area contributed by atoms with E-state index >= 15 is 0 Å². The molecule has 1 fully saturated rings. The maximum absolute atomic E-state index is 14.5. The lowest BCUT2D eigenvalue weighted by atomic mass is 9.91. The summed E-state index contributed by atoms with van der Waals surface area (Å²) in [6, 6.07) is 1.65. The lowest BCUT2D eigenvalue weighted by Gasteiger charge is -2.30. The van der Waals surface area contributed by atoms with Gasteiger partial charge in [-0.2, -0.15) is 0 Å². The summed E-state index contributed by atoms with van der Waals surface area (Å²) in [6.07, 6.45) is 8.75. The molecule has 1 aliphatic rings. The fraction of sp³-hybridized carbons (Fsp3) is 0.429. The third-order valence-corrected chi connectivity index (χ3v) is 5.58. The number of rotatable bonds is 6. The van der Waals surface area contributed by atoms with Crippen molar-refractivity contribution in [3.8, 4) is 11.4 Å². The number of carbonyl (C=O) groups is 1. The van der Waals surface area contributed by atoms with Crippen molar-refractivity contribution in [3.05, 3.63) is 35.5 Å². The van der Waals surface area contributed by atoms with Gasteiger partial charge in [0.05, 0.1) is 11.2 Å². The summed E-state index contributed by atoms with van der Waals surface area (Å²) in [5.74, 6) is 0.00888. The van der Waals surface area contributed by atoms with E-state index in [1.807, 2.05) is 6.92 Å². The number of aromatic nitrogens is 4. The molecule has 4 N–H and O–H groups in total. The Labute approximate surface area is 184 Å². The zero-order chi connectivity index (χ0) is 21.8. The number of H-pyrrole nitrogens is 1. The number of fused-ring (bicyclic) bond motifs is 1. The average Bonchev–Trinajstić information content (AvgIpc) is 3.17. The van der Waals surface area contributed by atoms with Crippen LogP contribution in [-0.2, 0) is 0 Å². The minimum atomic E-state index is -0.518. The van der Waals surface area contributed by atoms with Crippen molar-refractivity contribution in [2.45, 2.75) is 51.1 Å². The van der Waals surface area contributed by atoms with E-state index in [4.69, 9.17) is 11.6 Å². The predicted octanol–water partition coefficient (Wildman–Crippen LogP) is 4.24. The van der Waals surface area contributed by atoms with Gasteiger partial charge in [-0.05, 0) is 38.2 Å². The zero-order valence-corrected chi connectivity index (χ0v) is 18.0. The maximum atomic E-state index is 14.5. The molecule has 10 heteroatoms. The van der Waals surface area contributed by atoms with Crippen molar-refractivity contribution in [1.29, 1.82) is 0 Å². The number of urea groups is 1. The number of hydrogen-bond donors (Lipinski definition) is 4. The second-order valence-electron chi connectivity index (χ2n) is 7.75. The first-order valence-corrected chi connectivity index (χ1v) is 10.9. The van der Waals surface area contributed by atoms with E-state index in [2.05, 4.69) is 35.9 Å². The Kier molecular flexibility index (Phi) is 6.50. The van der Waals surface area contributed by atoms with Crippen LogP contribution in [0.4, 0.5) is 15.0 Å². The molecule has 2 amide bonds. The molecule has 8 nitrogen and oxygen atoms in total. The summed E-state index contributed by atoms with van der Waals surface area (Å²) in [7, 11) is 0. The van der Waals surface area contributed by atoms with Crippen LogP contribution in [-0.4, -0.2) is 44.6 Å². The maximum Gasteiger partial charge on any atom is 0.315 e. The lowest BCUT2D eigenvalue weighted by Crippen LogP contribution is -2.46. The summed E-state index contributed by atoms with van der Waals surface area (Å²) in [5.41, 5.74) is 1.35. The Morgan fingerprint density at radius 2 is 2.13 bits per heavy atom. The van der Waals surface area contributed by atoms with Crippen molar-refractivity contribution in [3.63, 3.8) is 0 Å². The van der Waals surface area contributed by atoms with Crippen molar-refractivity contribution in [2.24, 2.45) is 0 Å². The Bertz CT molecular complexity index is 1070. The molecule has 0 saturated heterocycles. The molecule has 1 aliphatic carbocycles. The Morgan fingerprint density at radius 3 is 2.97 bits per heavy atom. The molecule has 3 heterocycles. The van der Waals surface area contributed by atoms with Crippen molar-refractivity contribution in [1.82, 2.24) is 30.6 Å². The topological polar surface area (TPSA) is 108 Å². The molecule has 164 valence electrons. The van der Waals surface area contributed by atoms with E-state index in [9.17, 15) is 9.18 Å². The highest BCUT2D eigenvalue weighted by molar-refractivity contribution is 6.31. The number of nitrogens with one attached hydrogen (secondary N) is 4. The molecule has 31 heavy (non-hydrogen) atoms. The van der Waals surface area contributed by atoms with Gasteiger partial charge in [0, 0.05) is 42.0 Å². The van der Waals surface area contributed by atoms with Gasteiger partial charge in [0.2, 0.25) is 0 Å². The number of halogens is 2. The van der Waals surface area contributed by atoms with Crippen LogP contribution in [0.5, 0.6) is 0 Å². The van der Waals surface area contributed by atoms with Crippen molar-refractivity contribution < 1.29 is 9.18 Å². The number of pyridine rings is 1. The number of anilines is 1. The number of carbonyl (C=O) groups excluding carboxylic acids is 1. The van der Waals surface area contributed by atoms with E-state index in [-0.39, 0.29) is 23.9 Å². The molecular weight excluding hydrogens is 421 g/mol. The Hall–Kier alpha value is -2.94. The molecule has 0 bridgehead atoms. The number of nitrogens with zero attached hydrogens (tertiary/aromatic N) is 3. The van der Waals surface area contributed by atoms with E-state index in [0.29, 0.717) is 35.0 Å². The number of aromatic amines is 1. The zero-order valence-electron chi connectivity index (χ0n) is 17.2. The molecule has 0 aliphatic heterocycles. The number of amides is 2. The molecule has 0 aromatic carbocycles. The largest absolute Gasteiger partial charge is 0.365 e. The number of hydrogen-bond acceptors (Lipinski definition) is 5. The van der Waals surface area contributed by atoms with Gasteiger partial charge in [-0.3, -0.25) is 0 Å². The monoisotopic (exact) mass is 445 g/mol. The van der Waals surface area contributed by atoms with Crippen LogP contribution in [0.15, 0.2) is 24.7 Å². The normalized spacial score (nSPS) is 18.7. The van der Waals surface area contributed by atoms with E-state index in [0.717, 1.165) is 37.3 Å². The molecule has 2 unspecified atom stereocenters. The van der Waals surface area contributed by atoms with Gasteiger partial charge in [0.15, 0.2) is 17.5 Å². The highest BCUT2D eigenvalue weighted by Gasteiger charge is 2.24. The van der Waals surface area contributed by atoms with E-state index in [1.54, 1.807) is 18.5 Å². The van der Waals surface area contributed by atoms with Gasteiger partial charge in [-0.15, -0.1) is 0 Å². The molecule has 0 radical (unpaired) electrons. The Balaban J connectivity index is 1.48. The summed E-state index contributed by atoms with van der Waals surface area (Å²) in [6.45, 7) is 2.65. The second kappa shape index (κ2) is 9.47. The first-order chi connectivity index (χ1) is 15.0. The molecule has 4 rings (SSSR count). The quantitative estimate of drug-likeness (QED) is 0.453. The van der Waals surface area contributed by atoms with Crippen LogP contribution < -0.4 is 16.0 Å². The van der Waals surface area contributed by atoms with Crippen LogP contribution in [0.3, 0.4) is 0 Å². The summed E-state index contributed by atoms with van der Waals surface area (Å²) >= 11 is 6.07. The molecule has 3 aromatic rings. The predicted molar refractivity (Wildman–Crippen MR) is 119 cm³/mol. The minimum Gasteiger partial charge on any atom is -0.365 e. The minimum absolute atomic E-state index is 0.00144. The van der Waals surface area contributed by atoms with Gasteiger partial charge in [-0.25, -0.2) is 24.1 Å². The van der Waals surface area contributed by atoms with Crippen molar-refractivity contribution in [2.75, 3.05) is 11.9 Å². The lowest BCUT2D eigenvalue weighted by molar-refractivity contribution is 0.231. The molecule has 0 spiro atoms. The van der Waals surface area contributed by atoms with Crippen LogP contribution in [0, 0.1) is 5.82 Å². The summed E-state index contributed by atoms with van der Waals surface area (Å²) < 4.78 is 14.5. The molecular formula is C21H25ClFN7O. The highest BCUT2D eigenvalue weighted by atomic mass is 35.5. The van der Waals surface area contributed by atoms with Gasteiger partial charge in [-0.1, -0.05) is 18.5 Å². The third-order valence-electron chi connectivity index (χ3n) is 5.37. The van der Waals surface area contributed by atoms with Gasteiger partial charge in [0.25, 0.3) is 0 Å². The first kappa shape index (κ1) is 21.3. The Morgan fingerprint density at radius 1 is 1.29 bits per heavy atom. The van der Waals surface area contributed by atoms with Gasteiger partial charge in [0.1, 0.15) is 5.65 Å². The summed E-state index contributed by atoms with van der Waals surface area (Å²) in [5, 5.41) is 10.3. The van der Waals surface area contributed by atoms with Crippen LogP contribution in [0.2, 0.25) is 5.02 Å². The van der Waals surface area contributed by atoms with Crippen LogP contribution in [0.25, 0.3) is 22.4 Å². The third kappa shape index (κ3) is 5.04.